The smallest absolute Gasteiger partial charge is 0.347 e. The molecular formula is C27H19Cl2N2O3S+. The molecule has 0 fully saturated rings. The number of pyridine rings is 1. The maximum absolute atomic E-state index is 13.9. The van der Waals surface area contributed by atoms with Gasteiger partial charge in [0.05, 0.1) is 37.1 Å². The first-order chi connectivity index (χ1) is 16.9. The molecule has 0 aliphatic rings. The summed E-state index contributed by atoms with van der Waals surface area (Å²) in [5.41, 5.74) is 2.35. The van der Waals surface area contributed by atoms with E-state index in [0.29, 0.717) is 26.9 Å². The van der Waals surface area contributed by atoms with Crippen LogP contribution < -0.4 is 19.6 Å². The Morgan fingerprint density at radius 1 is 0.857 bits per heavy atom. The second kappa shape index (κ2) is 8.19. The van der Waals surface area contributed by atoms with E-state index >= 15 is 0 Å². The van der Waals surface area contributed by atoms with Crippen molar-refractivity contribution in [3.63, 3.8) is 0 Å². The van der Waals surface area contributed by atoms with Gasteiger partial charge >= 0.3 is 5.56 Å². The summed E-state index contributed by atoms with van der Waals surface area (Å²) < 4.78 is 14.8. The van der Waals surface area contributed by atoms with E-state index in [-0.39, 0.29) is 5.56 Å². The van der Waals surface area contributed by atoms with Gasteiger partial charge in [0.25, 0.3) is 5.65 Å². The van der Waals surface area contributed by atoms with E-state index in [0.717, 1.165) is 42.6 Å². The molecule has 0 aliphatic carbocycles. The van der Waals surface area contributed by atoms with Crippen LogP contribution in [0.4, 0.5) is 0 Å². The number of aromatic nitrogens is 2. The largest absolute Gasteiger partial charge is 0.493 e. The predicted molar refractivity (Wildman–Crippen MR) is 142 cm³/mol. The molecule has 2 aromatic heterocycles. The summed E-state index contributed by atoms with van der Waals surface area (Å²) in [6, 6.07) is 19.2. The third-order valence-electron chi connectivity index (χ3n) is 6.40. The fourth-order valence-electron chi connectivity index (χ4n) is 4.82. The van der Waals surface area contributed by atoms with Gasteiger partial charge in [-0.25, -0.2) is 9.36 Å². The average molecular weight is 522 g/mol. The number of methoxy groups -OCH3 is 2. The molecule has 174 valence electrons. The fraction of sp³-hybridized carbons (Fsp3) is 0.111. The minimum atomic E-state index is -0.0844. The summed E-state index contributed by atoms with van der Waals surface area (Å²) in [4.78, 5) is 15.7. The molecule has 0 unspecified atom stereocenters. The molecule has 8 heteroatoms. The van der Waals surface area contributed by atoms with Crippen LogP contribution in [0.5, 0.6) is 11.5 Å². The van der Waals surface area contributed by atoms with Gasteiger partial charge in [-0.1, -0.05) is 47.1 Å². The molecule has 2 heterocycles. The first-order valence-corrected chi connectivity index (χ1v) is 12.4. The Morgan fingerprint density at radius 2 is 1.60 bits per heavy atom. The molecule has 4 aromatic carbocycles. The summed E-state index contributed by atoms with van der Waals surface area (Å²) >= 11 is 14.2. The van der Waals surface area contributed by atoms with Crippen molar-refractivity contribution in [3.8, 4) is 11.5 Å². The van der Waals surface area contributed by atoms with Crippen molar-refractivity contribution in [2.45, 2.75) is 9.79 Å². The summed E-state index contributed by atoms with van der Waals surface area (Å²) in [6.07, 6.45) is 0. The summed E-state index contributed by atoms with van der Waals surface area (Å²) in [5.74, 6) is 1.18. The number of rotatable bonds is 4. The Morgan fingerprint density at radius 3 is 2.37 bits per heavy atom. The van der Waals surface area contributed by atoms with E-state index in [2.05, 4.69) is 6.07 Å². The van der Waals surface area contributed by atoms with Crippen molar-refractivity contribution in [3.05, 3.63) is 81.1 Å². The molecule has 0 N–H and O–H groups in total. The molecule has 6 aromatic rings. The first-order valence-electron chi connectivity index (χ1n) is 10.8. The van der Waals surface area contributed by atoms with Gasteiger partial charge in [-0.15, -0.1) is 0 Å². The maximum atomic E-state index is 13.9. The Hall–Kier alpha value is -3.19. The molecule has 0 aliphatic heterocycles. The standard InChI is InChI=1S/C27H19Cl2N2O3S/c1-30-19-12-21(33-2)22(34-3)13-20(19)31-26(30)16-6-4-5-15-23(10-8-17(25(15)16)27(31)32)35-24-11-14(28)7-9-18(24)29/h4-13H,1-3H3/q+1. The van der Waals surface area contributed by atoms with E-state index in [9.17, 15) is 4.79 Å². The predicted octanol–water partition coefficient (Wildman–Crippen LogP) is 6.50. The molecule has 0 spiro atoms. The highest BCUT2D eigenvalue weighted by atomic mass is 35.5. The van der Waals surface area contributed by atoms with Crippen molar-refractivity contribution in [1.29, 1.82) is 0 Å². The van der Waals surface area contributed by atoms with Crippen LogP contribution in [0.2, 0.25) is 10.0 Å². The first kappa shape index (κ1) is 22.3. The van der Waals surface area contributed by atoms with Gasteiger partial charge in [0.1, 0.15) is 0 Å². The Kier molecular flexibility index (Phi) is 5.22. The average Bonchev–Trinajstić information content (AvgIpc) is 3.16. The van der Waals surface area contributed by atoms with Crippen LogP contribution in [0.1, 0.15) is 0 Å². The molecule has 5 nitrogen and oxygen atoms in total. The molecule has 0 radical (unpaired) electrons. The third-order valence-corrected chi connectivity index (χ3v) is 8.21. The lowest BCUT2D eigenvalue weighted by atomic mass is 10.0. The zero-order valence-electron chi connectivity index (χ0n) is 19.1. The number of imidazole rings is 1. The minimum absolute atomic E-state index is 0.0844. The van der Waals surface area contributed by atoms with Gasteiger partial charge in [-0.2, -0.15) is 4.40 Å². The minimum Gasteiger partial charge on any atom is -0.493 e. The molecule has 35 heavy (non-hydrogen) atoms. The second-order valence-corrected chi connectivity index (χ2v) is 10.2. The van der Waals surface area contributed by atoms with E-state index in [1.54, 1.807) is 30.8 Å². The molecule has 0 saturated heterocycles. The number of nitrogens with zero attached hydrogens (tertiary/aromatic N) is 2. The van der Waals surface area contributed by atoms with Crippen molar-refractivity contribution in [2.24, 2.45) is 7.05 Å². The van der Waals surface area contributed by atoms with Gasteiger partial charge in [0, 0.05) is 32.3 Å². The number of halogens is 2. The highest BCUT2D eigenvalue weighted by molar-refractivity contribution is 7.99. The van der Waals surface area contributed by atoms with Crippen LogP contribution in [0.25, 0.3) is 38.2 Å². The van der Waals surface area contributed by atoms with Crippen LogP contribution in [-0.2, 0) is 7.05 Å². The Bertz CT molecular complexity index is 1870. The van der Waals surface area contributed by atoms with Gasteiger partial charge in [0.15, 0.2) is 22.5 Å². The topological polar surface area (TPSA) is 43.8 Å². The number of hydrogen-bond acceptors (Lipinski definition) is 4. The van der Waals surface area contributed by atoms with Crippen molar-refractivity contribution >= 4 is 73.2 Å². The zero-order chi connectivity index (χ0) is 24.4. The van der Waals surface area contributed by atoms with E-state index in [1.807, 2.05) is 54.1 Å². The lowest BCUT2D eigenvalue weighted by Gasteiger charge is -2.11. The van der Waals surface area contributed by atoms with E-state index in [1.165, 1.54) is 11.8 Å². The van der Waals surface area contributed by atoms with E-state index < -0.39 is 0 Å². The lowest BCUT2D eigenvalue weighted by Crippen LogP contribution is -2.29. The highest BCUT2D eigenvalue weighted by Gasteiger charge is 2.27. The van der Waals surface area contributed by atoms with Crippen LogP contribution in [0.15, 0.2) is 75.2 Å². The van der Waals surface area contributed by atoms with Crippen molar-refractivity contribution < 1.29 is 14.0 Å². The molecule has 0 saturated carbocycles. The van der Waals surface area contributed by atoms with Gasteiger partial charge in [-0.3, -0.25) is 0 Å². The molecule has 0 bridgehead atoms. The molecule has 6 rings (SSSR count). The number of aryl methyl sites for hydroxylation is 1. The summed E-state index contributed by atoms with van der Waals surface area (Å²) in [5, 5.41) is 4.79. The normalized spacial score (nSPS) is 11.8. The number of benzene rings is 4. The van der Waals surface area contributed by atoms with Gasteiger partial charge in [-0.05, 0) is 41.8 Å². The number of hydrogen-bond donors (Lipinski definition) is 0. The SMILES string of the molecule is COc1cc2c(cc1OC)[n+](C)c1c3cccc4c(Sc5cc(Cl)ccc5Cl)ccc(c(=O)n21)c43. The zero-order valence-corrected chi connectivity index (χ0v) is 21.4. The number of fused-ring (bicyclic) bond motifs is 4. The van der Waals surface area contributed by atoms with Gasteiger partial charge in [0.2, 0.25) is 0 Å². The quantitative estimate of drug-likeness (QED) is 0.248. The van der Waals surface area contributed by atoms with Crippen molar-refractivity contribution in [2.75, 3.05) is 14.2 Å². The molecule has 0 amide bonds. The number of ether oxygens (including phenoxy) is 2. The maximum Gasteiger partial charge on any atom is 0.347 e. The van der Waals surface area contributed by atoms with Gasteiger partial charge < -0.3 is 9.47 Å². The third kappa shape index (κ3) is 3.24. The highest BCUT2D eigenvalue weighted by Crippen LogP contribution is 2.41. The van der Waals surface area contributed by atoms with Crippen LogP contribution in [0.3, 0.4) is 0 Å². The Balaban J connectivity index is 1.72. The molecular weight excluding hydrogens is 503 g/mol. The summed E-state index contributed by atoms with van der Waals surface area (Å²) in [7, 11) is 5.15. The van der Waals surface area contributed by atoms with Crippen LogP contribution in [0, 0.1) is 0 Å². The van der Waals surface area contributed by atoms with Crippen LogP contribution in [-0.4, -0.2) is 18.6 Å². The van der Waals surface area contributed by atoms with E-state index in [4.69, 9.17) is 32.7 Å². The fourth-order valence-corrected chi connectivity index (χ4v) is 6.29. The lowest BCUT2D eigenvalue weighted by molar-refractivity contribution is -0.617. The summed E-state index contributed by atoms with van der Waals surface area (Å²) in [6.45, 7) is 0. The van der Waals surface area contributed by atoms with Crippen molar-refractivity contribution in [1.82, 2.24) is 4.40 Å². The monoisotopic (exact) mass is 521 g/mol. The Labute approximate surface area is 214 Å². The second-order valence-electron chi connectivity index (χ2n) is 8.24. The molecule has 0 atom stereocenters. The van der Waals surface area contributed by atoms with Crippen LogP contribution >= 0.6 is 35.0 Å².